The number of nitrogens with two attached hydrogens (primary N) is 1. The van der Waals surface area contributed by atoms with Gasteiger partial charge in [0.05, 0.1) is 0 Å². The molecule has 1 aliphatic rings. The number of benzene rings is 1. The zero-order valence-electron chi connectivity index (χ0n) is 8.98. The second kappa shape index (κ2) is 3.01. The van der Waals surface area contributed by atoms with Gasteiger partial charge in [0, 0.05) is 11.0 Å². The molecule has 2 N–H and O–H groups in total. The molecule has 1 aromatic carbocycles. The van der Waals surface area contributed by atoms with E-state index in [0.717, 1.165) is 18.9 Å². The summed E-state index contributed by atoms with van der Waals surface area (Å²) in [5.74, 6) is -1.57. The SMILES string of the molecule is CC(C)(c1cccc(F)c1F)C1(N)CC1. The molecule has 0 heterocycles. The first-order valence-electron chi connectivity index (χ1n) is 5.12. The van der Waals surface area contributed by atoms with Gasteiger partial charge in [-0.05, 0) is 24.5 Å². The molecule has 0 bridgehead atoms. The highest BCUT2D eigenvalue weighted by atomic mass is 19.2. The van der Waals surface area contributed by atoms with Crippen molar-refractivity contribution in [3.05, 3.63) is 35.4 Å². The number of hydrogen-bond donors (Lipinski definition) is 1. The van der Waals surface area contributed by atoms with Gasteiger partial charge in [0.2, 0.25) is 0 Å². The molecule has 15 heavy (non-hydrogen) atoms. The molecule has 0 atom stereocenters. The Morgan fingerprint density at radius 2 is 1.87 bits per heavy atom. The van der Waals surface area contributed by atoms with Crippen LogP contribution in [0.15, 0.2) is 18.2 Å². The minimum absolute atomic E-state index is 0.373. The maximum atomic E-state index is 13.6. The maximum Gasteiger partial charge on any atom is 0.162 e. The Hall–Kier alpha value is -0.960. The van der Waals surface area contributed by atoms with Gasteiger partial charge in [0.25, 0.3) is 0 Å². The maximum absolute atomic E-state index is 13.6. The second-order valence-electron chi connectivity index (χ2n) is 4.88. The third-order valence-corrected chi connectivity index (χ3v) is 3.66. The molecule has 0 spiro atoms. The summed E-state index contributed by atoms with van der Waals surface area (Å²) in [5.41, 5.74) is 5.58. The molecule has 1 nitrogen and oxygen atoms in total. The van der Waals surface area contributed by atoms with E-state index in [-0.39, 0.29) is 5.54 Å². The van der Waals surface area contributed by atoms with Crippen LogP contribution < -0.4 is 5.73 Å². The van der Waals surface area contributed by atoms with Crippen LogP contribution in [0.5, 0.6) is 0 Å². The van der Waals surface area contributed by atoms with Gasteiger partial charge in [-0.3, -0.25) is 0 Å². The average molecular weight is 211 g/mol. The van der Waals surface area contributed by atoms with Crippen LogP contribution in [0.3, 0.4) is 0 Å². The van der Waals surface area contributed by atoms with Crippen molar-refractivity contribution in [3.8, 4) is 0 Å². The average Bonchev–Trinajstić information content (AvgIpc) is 2.90. The monoisotopic (exact) mass is 211 g/mol. The largest absolute Gasteiger partial charge is 0.324 e. The van der Waals surface area contributed by atoms with Crippen molar-refractivity contribution in [2.75, 3.05) is 0 Å². The van der Waals surface area contributed by atoms with Crippen LogP contribution >= 0.6 is 0 Å². The standard InChI is InChI=1S/C12H15F2N/c1-11(2,12(15)6-7-12)8-4-3-5-9(13)10(8)14/h3-5H,6-7,15H2,1-2H3. The quantitative estimate of drug-likeness (QED) is 0.799. The molecule has 1 aromatic rings. The van der Waals surface area contributed by atoms with Crippen LogP contribution in [0, 0.1) is 11.6 Å². The lowest BCUT2D eigenvalue weighted by atomic mass is 9.75. The second-order valence-corrected chi connectivity index (χ2v) is 4.88. The molecule has 1 fully saturated rings. The van der Waals surface area contributed by atoms with E-state index >= 15 is 0 Å². The molecule has 3 heteroatoms. The van der Waals surface area contributed by atoms with E-state index in [1.807, 2.05) is 13.8 Å². The Morgan fingerprint density at radius 1 is 1.27 bits per heavy atom. The molecule has 0 amide bonds. The molecular weight excluding hydrogens is 196 g/mol. The van der Waals surface area contributed by atoms with E-state index in [4.69, 9.17) is 5.73 Å². The van der Waals surface area contributed by atoms with Crippen molar-refractivity contribution in [3.63, 3.8) is 0 Å². The van der Waals surface area contributed by atoms with E-state index in [9.17, 15) is 8.78 Å². The number of hydrogen-bond acceptors (Lipinski definition) is 1. The highest BCUT2D eigenvalue weighted by Crippen LogP contribution is 2.49. The Bertz CT molecular complexity index is 395. The lowest BCUT2D eigenvalue weighted by molar-refractivity contribution is 0.365. The molecule has 1 saturated carbocycles. The van der Waals surface area contributed by atoms with Gasteiger partial charge in [-0.1, -0.05) is 26.0 Å². The Balaban J connectivity index is 2.49. The summed E-state index contributed by atoms with van der Waals surface area (Å²) in [6.07, 6.45) is 1.74. The number of halogens is 2. The van der Waals surface area contributed by atoms with Gasteiger partial charge >= 0.3 is 0 Å². The minimum Gasteiger partial charge on any atom is -0.324 e. The van der Waals surface area contributed by atoms with Crippen molar-refractivity contribution in [1.29, 1.82) is 0 Å². The van der Waals surface area contributed by atoms with Crippen LogP contribution in [0.4, 0.5) is 8.78 Å². The first-order valence-corrected chi connectivity index (χ1v) is 5.12. The smallest absolute Gasteiger partial charge is 0.162 e. The molecule has 0 aliphatic heterocycles. The van der Waals surface area contributed by atoms with Crippen LogP contribution in [0.1, 0.15) is 32.3 Å². The zero-order valence-corrected chi connectivity index (χ0v) is 8.98. The van der Waals surface area contributed by atoms with Gasteiger partial charge in [-0.15, -0.1) is 0 Å². The zero-order chi connectivity index (χ0) is 11.3. The highest BCUT2D eigenvalue weighted by Gasteiger charge is 2.52. The van der Waals surface area contributed by atoms with E-state index in [1.165, 1.54) is 6.07 Å². The molecule has 82 valence electrons. The Labute approximate surface area is 88.3 Å². The summed E-state index contributed by atoms with van der Waals surface area (Å²) >= 11 is 0. The predicted molar refractivity (Wildman–Crippen MR) is 55.5 cm³/mol. The summed E-state index contributed by atoms with van der Waals surface area (Å²) in [6.45, 7) is 3.75. The first kappa shape index (κ1) is 10.6. The minimum atomic E-state index is -0.801. The van der Waals surface area contributed by atoms with E-state index < -0.39 is 17.0 Å². The fourth-order valence-electron chi connectivity index (χ4n) is 2.01. The van der Waals surface area contributed by atoms with Crippen molar-refractivity contribution >= 4 is 0 Å². The van der Waals surface area contributed by atoms with Crippen LogP contribution in [0.2, 0.25) is 0 Å². The third-order valence-electron chi connectivity index (χ3n) is 3.66. The molecule has 0 radical (unpaired) electrons. The van der Waals surface area contributed by atoms with E-state index in [2.05, 4.69) is 0 Å². The number of rotatable bonds is 2. The van der Waals surface area contributed by atoms with Gasteiger partial charge in [0.15, 0.2) is 11.6 Å². The highest BCUT2D eigenvalue weighted by molar-refractivity contribution is 5.34. The fraction of sp³-hybridized carbons (Fsp3) is 0.500. The molecular formula is C12H15F2N. The van der Waals surface area contributed by atoms with Gasteiger partial charge < -0.3 is 5.73 Å². The molecule has 1 aliphatic carbocycles. The Morgan fingerprint density at radius 3 is 2.40 bits per heavy atom. The van der Waals surface area contributed by atoms with Gasteiger partial charge in [-0.2, -0.15) is 0 Å². The summed E-state index contributed by atoms with van der Waals surface area (Å²) in [5, 5.41) is 0. The summed E-state index contributed by atoms with van der Waals surface area (Å²) < 4.78 is 26.7. The van der Waals surface area contributed by atoms with E-state index in [1.54, 1.807) is 6.07 Å². The molecule has 0 saturated heterocycles. The van der Waals surface area contributed by atoms with Crippen molar-refractivity contribution < 1.29 is 8.78 Å². The van der Waals surface area contributed by atoms with Crippen molar-refractivity contribution in [1.82, 2.24) is 0 Å². The molecule has 0 unspecified atom stereocenters. The summed E-state index contributed by atoms with van der Waals surface area (Å²) in [6, 6.07) is 4.28. The lowest BCUT2D eigenvalue weighted by Gasteiger charge is -2.32. The normalized spacial score (nSPS) is 19.0. The van der Waals surface area contributed by atoms with Crippen LogP contribution in [0.25, 0.3) is 0 Å². The third kappa shape index (κ3) is 1.46. The summed E-state index contributed by atoms with van der Waals surface area (Å²) in [4.78, 5) is 0. The fourth-order valence-corrected chi connectivity index (χ4v) is 2.01. The topological polar surface area (TPSA) is 26.0 Å². The summed E-state index contributed by atoms with van der Waals surface area (Å²) in [7, 11) is 0. The van der Waals surface area contributed by atoms with Crippen molar-refractivity contribution in [2.45, 2.75) is 37.6 Å². The predicted octanol–water partition coefficient (Wildman–Crippen LogP) is 2.73. The molecule has 0 aromatic heterocycles. The van der Waals surface area contributed by atoms with Crippen molar-refractivity contribution in [2.24, 2.45) is 5.73 Å². The first-order chi connectivity index (χ1) is 6.88. The Kier molecular flexibility index (Phi) is 2.12. The lowest BCUT2D eigenvalue weighted by Crippen LogP contribution is -2.44. The van der Waals surface area contributed by atoms with E-state index in [0.29, 0.717) is 5.56 Å². The van der Waals surface area contributed by atoms with Crippen LogP contribution in [-0.2, 0) is 5.41 Å². The van der Waals surface area contributed by atoms with Crippen LogP contribution in [-0.4, -0.2) is 5.54 Å². The van der Waals surface area contributed by atoms with Gasteiger partial charge in [0.1, 0.15) is 0 Å². The van der Waals surface area contributed by atoms with Gasteiger partial charge in [-0.25, -0.2) is 8.78 Å². The molecule has 2 rings (SSSR count).